The lowest BCUT2D eigenvalue weighted by molar-refractivity contribution is 0.242. The maximum absolute atomic E-state index is 4.41. The Balaban J connectivity index is 3.86. The van der Waals surface area contributed by atoms with Gasteiger partial charge in [0.05, 0.1) is 0 Å². The molecule has 0 bridgehead atoms. The normalized spacial score (nSPS) is 16.8. The van der Waals surface area contributed by atoms with Gasteiger partial charge in [-0.1, -0.05) is 40.8 Å². The molecule has 0 aliphatic heterocycles. The Morgan fingerprint density at radius 3 is 2.15 bits per heavy atom. The molecule has 0 aromatic rings. The standard InChI is InChI=1S/C11H24BS/c1-9(6-7-10(2)13)11(3,4)8-12-5/h9-10,13H,6-8H2,1-5H3/t9-,10-/m1/s1. The topological polar surface area (TPSA) is 0 Å². The molecule has 77 valence electrons. The minimum atomic E-state index is 0.456. The summed E-state index contributed by atoms with van der Waals surface area (Å²) >= 11 is 4.41. The minimum absolute atomic E-state index is 0.456. The maximum atomic E-state index is 4.41. The second-order valence-electron chi connectivity index (χ2n) is 4.93. The van der Waals surface area contributed by atoms with Crippen molar-refractivity contribution in [2.75, 3.05) is 0 Å². The second kappa shape index (κ2) is 6.00. The van der Waals surface area contributed by atoms with Crippen LogP contribution in [0.1, 0.15) is 40.5 Å². The van der Waals surface area contributed by atoms with Gasteiger partial charge in [-0.3, -0.25) is 0 Å². The third-order valence-electron chi connectivity index (χ3n) is 3.08. The third kappa shape index (κ3) is 5.67. The third-order valence-corrected chi connectivity index (χ3v) is 3.34. The second-order valence-corrected chi connectivity index (χ2v) is 5.81. The Kier molecular flexibility index (Phi) is 6.20. The van der Waals surface area contributed by atoms with Crippen molar-refractivity contribution in [1.29, 1.82) is 0 Å². The van der Waals surface area contributed by atoms with Crippen LogP contribution in [0.3, 0.4) is 0 Å². The molecule has 0 N–H and O–H groups in total. The molecule has 2 atom stereocenters. The van der Waals surface area contributed by atoms with Gasteiger partial charge in [-0.05, 0) is 29.4 Å². The van der Waals surface area contributed by atoms with Crippen LogP contribution in [0.4, 0.5) is 0 Å². The summed E-state index contributed by atoms with van der Waals surface area (Å²) < 4.78 is 0. The first-order valence-electron chi connectivity index (χ1n) is 5.36. The summed E-state index contributed by atoms with van der Waals surface area (Å²) in [6.07, 6.45) is 3.75. The highest BCUT2D eigenvalue weighted by Gasteiger charge is 2.24. The lowest BCUT2D eigenvalue weighted by atomic mass is 9.61. The Morgan fingerprint density at radius 2 is 1.77 bits per heavy atom. The molecule has 0 nitrogen and oxygen atoms in total. The van der Waals surface area contributed by atoms with E-state index in [-0.39, 0.29) is 0 Å². The number of rotatable bonds is 6. The zero-order valence-electron chi connectivity index (χ0n) is 9.80. The lowest BCUT2D eigenvalue weighted by Crippen LogP contribution is -2.23. The fraction of sp³-hybridized carbons (Fsp3) is 1.00. The Morgan fingerprint density at radius 1 is 1.23 bits per heavy atom. The SMILES string of the molecule is C[B]CC(C)(C)[C@H](C)CC[C@@H](C)S. The highest BCUT2D eigenvalue weighted by Crippen LogP contribution is 2.34. The van der Waals surface area contributed by atoms with Crippen molar-refractivity contribution >= 4 is 19.9 Å². The Bertz CT molecular complexity index is 132. The highest BCUT2D eigenvalue weighted by molar-refractivity contribution is 7.80. The molecule has 1 radical (unpaired) electrons. The van der Waals surface area contributed by atoms with Crippen molar-refractivity contribution in [1.82, 2.24) is 0 Å². The largest absolute Gasteiger partial charge is 0.176 e. The van der Waals surface area contributed by atoms with E-state index in [4.69, 9.17) is 0 Å². The summed E-state index contributed by atoms with van der Waals surface area (Å²) in [5.41, 5.74) is 0.456. The number of thiol groups is 1. The molecular formula is C11H24BS. The van der Waals surface area contributed by atoms with Gasteiger partial charge in [0.1, 0.15) is 7.28 Å². The summed E-state index contributed by atoms with van der Waals surface area (Å²) in [7, 11) is 2.28. The average molecular weight is 199 g/mol. The van der Waals surface area contributed by atoms with E-state index in [2.05, 4.69) is 54.4 Å². The number of hydrogen-bond donors (Lipinski definition) is 1. The van der Waals surface area contributed by atoms with Crippen LogP contribution in [0.5, 0.6) is 0 Å². The van der Waals surface area contributed by atoms with E-state index in [1.54, 1.807) is 0 Å². The molecule has 0 saturated carbocycles. The van der Waals surface area contributed by atoms with Gasteiger partial charge in [0.15, 0.2) is 0 Å². The zero-order valence-corrected chi connectivity index (χ0v) is 10.7. The van der Waals surface area contributed by atoms with E-state index < -0.39 is 0 Å². The molecular weight excluding hydrogens is 175 g/mol. The molecule has 0 aromatic heterocycles. The van der Waals surface area contributed by atoms with Crippen molar-refractivity contribution < 1.29 is 0 Å². The van der Waals surface area contributed by atoms with Crippen molar-refractivity contribution in [3.05, 3.63) is 0 Å². The van der Waals surface area contributed by atoms with Gasteiger partial charge in [0, 0.05) is 0 Å². The molecule has 0 fully saturated rings. The smallest absolute Gasteiger partial charge is 0.106 e. The van der Waals surface area contributed by atoms with Crippen LogP contribution >= 0.6 is 12.6 Å². The Hall–Kier alpha value is 0.415. The van der Waals surface area contributed by atoms with Crippen LogP contribution in [-0.4, -0.2) is 12.5 Å². The molecule has 13 heavy (non-hydrogen) atoms. The van der Waals surface area contributed by atoms with E-state index in [1.807, 2.05) is 0 Å². The van der Waals surface area contributed by atoms with Crippen LogP contribution in [0, 0.1) is 11.3 Å². The van der Waals surface area contributed by atoms with Gasteiger partial charge < -0.3 is 0 Å². The molecule has 0 rings (SSSR count). The van der Waals surface area contributed by atoms with Crippen LogP contribution in [0.15, 0.2) is 0 Å². The summed E-state index contributed by atoms with van der Waals surface area (Å²) in [6, 6.07) is 0. The molecule has 0 saturated heterocycles. The van der Waals surface area contributed by atoms with Gasteiger partial charge in [0.25, 0.3) is 0 Å². The fourth-order valence-electron chi connectivity index (χ4n) is 1.61. The van der Waals surface area contributed by atoms with Gasteiger partial charge in [-0.25, -0.2) is 0 Å². The van der Waals surface area contributed by atoms with E-state index in [0.29, 0.717) is 10.7 Å². The van der Waals surface area contributed by atoms with Gasteiger partial charge in [0.2, 0.25) is 0 Å². The molecule has 0 aliphatic rings. The summed E-state index contributed by atoms with van der Waals surface area (Å²) in [4.78, 5) is 0. The molecule has 0 aliphatic carbocycles. The van der Waals surface area contributed by atoms with Crippen molar-refractivity contribution in [2.24, 2.45) is 11.3 Å². The highest BCUT2D eigenvalue weighted by atomic mass is 32.1. The van der Waals surface area contributed by atoms with E-state index >= 15 is 0 Å². The molecule has 0 unspecified atom stereocenters. The first kappa shape index (κ1) is 13.4. The maximum Gasteiger partial charge on any atom is 0.106 e. The summed E-state index contributed by atoms with van der Waals surface area (Å²) in [6.45, 7) is 11.4. The van der Waals surface area contributed by atoms with E-state index in [9.17, 15) is 0 Å². The number of hydrogen-bond acceptors (Lipinski definition) is 1. The summed E-state index contributed by atoms with van der Waals surface area (Å²) in [5.74, 6) is 0.790. The monoisotopic (exact) mass is 199 g/mol. The van der Waals surface area contributed by atoms with Crippen molar-refractivity contribution in [3.8, 4) is 0 Å². The first-order chi connectivity index (χ1) is 5.90. The van der Waals surface area contributed by atoms with Crippen LogP contribution in [0.2, 0.25) is 13.1 Å². The fourth-order valence-corrected chi connectivity index (χ4v) is 1.76. The average Bonchev–Trinajstić information content (AvgIpc) is 1.99. The molecule has 2 heteroatoms. The van der Waals surface area contributed by atoms with Gasteiger partial charge >= 0.3 is 0 Å². The minimum Gasteiger partial charge on any atom is -0.176 e. The predicted octanol–water partition coefficient (Wildman–Crippen LogP) is 3.92. The quantitative estimate of drug-likeness (QED) is 0.486. The first-order valence-corrected chi connectivity index (χ1v) is 5.87. The zero-order chi connectivity index (χ0) is 10.5. The Labute approximate surface area is 90.5 Å². The summed E-state index contributed by atoms with van der Waals surface area (Å²) in [5, 5.41) is 0.545. The van der Waals surface area contributed by atoms with Gasteiger partial charge in [-0.2, -0.15) is 12.6 Å². The van der Waals surface area contributed by atoms with Crippen molar-refractivity contribution in [2.45, 2.75) is 58.9 Å². The lowest BCUT2D eigenvalue weighted by Gasteiger charge is -2.32. The molecule has 0 amide bonds. The van der Waals surface area contributed by atoms with Crippen LogP contribution in [-0.2, 0) is 0 Å². The molecule has 0 spiro atoms. The van der Waals surface area contributed by atoms with E-state index in [1.165, 1.54) is 19.2 Å². The van der Waals surface area contributed by atoms with E-state index in [0.717, 1.165) is 5.92 Å². The van der Waals surface area contributed by atoms with Crippen LogP contribution in [0.25, 0.3) is 0 Å². The molecule has 0 heterocycles. The predicted molar refractivity (Wildman–Crippen MR) is 67.1 cm³/mol. The van der Waals surface area contributed by atoms with Gasteiger partial charge in [-0.15, -0.1) is 0 Å². The molecule has 0 aromatic carbocycles. The van der Waals surface area contributed by atoms with Crippen molar-refractivity contribution in [3.63, 3.8) is 0 Å². The van der Waals surface area contributed by atoms with Crippen LogP contribution < -0.4 is 0 Å².